The molecule has 1 aromatic heterocycles. The van der Waals surface area contributed by atoms with Crippen LogP contribution >= 0.6 is 23.1 Å². The summed E-state index contributed by atoms with van der Waals surface area (Å²) in [5.74, 6) is 0.983. The molecule has 0 bridgehead atoms. The van der Waals surface area contributed by atoms with Gasteiger partial charge in [-0.1, -0.05) is 0 Å². The van der Waals surface area contributed by atoms with E-state index < -0.39 is 0 Å². The first-order valence-electron chi connectivity index (χ1n) is 3.97. The van der Waals surface area contributed by atoms with Crippen LogP contribution in [-0.4, -0.2) is 17.0 Å². The van der Waals surface area contributed by atoms with Crippen molar-refractivity contribution in [1.82, 2.24) is 4.98 Å². The van der Waals surface area contributed by atoms with Crippen LogP contribution in [0.4, 0.5) is 5.69 Å². The number of aromatic nitrogens is 1. The highest BCUT2D eigenvalue weighted by atomic mass is 32.2. The van der Waals surface area contributed by atoms with Gasteiger partial charge in [-0.2, -0.15) is 0 Å². The minimum atomic E-state index is 0.983. The van der Waals surface area contributed by atoms with Gasteiger partial charge in [0.1, 0.15) is 0 Å². The van der Waals surface area contributed by atoms with Gasteiger partial charge in [0.05, 0.1) is 21.4 Å². The van der Waals surface area contributed by atoms with Crippen LogP contribution in [0, 0.1) is 0 Å². The average molecular weight is 206 g/mol. The molecule has 64 valence electrons. The Labute approximate surface area is 83.7 Å². The Morgan fingerprint density at radius 2 is 2.31 bits per heavy atom. The van der Waals surface area contributed by atoms with Crippen LogP contribution in [0.2, 0.25) is 0 Å². The zero-order chi connectivity index (χ0) is 8.67. The number of fused-ring (bicyclic) bond motifs is 3. The van der Waals surface area contributed by atoms with Crippen molar-refractivity contribution in [3.05, 3.63) is 17.6 Å². The summed E-state index contributed by atoms with van der Waals surface area (Å²) >= 11 is 3.50. The van der Waals surface area contributed by atoms with E-state index in [4.69, 9.17) is 0 Å². The topological polar surface area (TPSA) is 25.2 Å². The maximum Gasteiger partial charge on any atom is 0.0956 e. The van der Waals surface area contributed by atoms with Crippen molar-refractivity contribution in [3.63, 3.8) is 0 Å². The van der Waals surface area contributed by atoms with E-state index in [0.29, 0.717) is 0 Å². The largest absolute Gasteiger partial charge is 0.258 e. The molecule has 0 radical (unpaired) electrons. The van der Waals surface area contributed by atoms with Crippen molar-refractivity contribution in [3.8, 4) is 0 Å². The molecular formula is C9H6N2S2. The van der Waals surface area contributed by atoms with Crippen molar-refractivity contribution >= 4 is 45.2 Å². The van der Waals surface area contributed by atoms with Crippen molar-refractivity contribution in [2.45, 2.75) is 4.90 Å². The van der Waals surface area contributed by atoms with Gasteiger partial charge in [-0.15, -0.1) is 23.1 Å². The highest BCUT2D eigenvalue weighted by Gasteiger charge is 2.11. The summed E-state index contributed by atoms with van der Waals surface area (Å²) in [6, 6.07) is 4.18. The lowest BCUT2D eigenvalue weighted by Gasteiger charge is -2.08. The predicted molar refractivity (Wildman–Crippen MR) is 58.5 cm³/mol. The molecule has 0 aliphatic carbocycles. The van der Waals surface area contributed by atoms with Crippen molar-refractivity contribution < 1.29 is 0 Å². The Balaban J connectivity index is 2.43. The Morgan fingerprint density at radius 1 is 1.31 bits per heavy atom. The van der Waals surface area contributed by atoms with E-state index in [-0.39, 0.29) is 0 Å². The second-order valence-corrected chi connectivity index (χ2v) is 4.65. The Morgan fingerprint density at radius 3 is 3.31 bits per heavy atom. The summed E-state index contributed by atoms with van der Waals surface area (Å²) < 4.78 is 1.21. The standard InChI is InChI=1S/C9H6N2S2/c1-2-7-8(10-3-4-12-7)9-6(1)11-5-13-9/h1-3,5H,4H2. The molecule has 0 saturated carbocycles. The highest BCUT2D eigenvalue weighted by molar-refractivity contribution is 8.00. The second kappa shape index (κ2) is 2.82. The lowest BCUT2D eigenvalue weighted by atomic mass is 10.3. The molecule has 3 rings (SSSR count). The third kappa shape index (κ3) is 1.09. The SMILES string of the molecule is C1=Nc2c(ccc3ncsc23)SC1. The number of aliphatic imine (C=N–C) groups is 1. The quantitative estimate of drug-likeness (QED) is 0.661. The summed E-state index contributed by atoms with van der Waals surface area (Å²) in [6.07, 6.45) is 1.96. The minimum absolute atomic E-state index is 0.983. The predicted octanol–water partition coefficient (Wildman–Crippen LogP) is 3.10. The summed E-state index contributed by atoms with van der Waals surface area (Å²) in [4.78, 5) is 9.96. The smallest absolute Gasteiger partial charge is 0.0956 e. The third-order valence-corrected chi connectivity index (χ3v) is 3.77. The number of hydrogen-bond donors (Lipinski definition) is 0. The molecule has 2 nitrogen and oxygen atoms in total. The van der Waals surface area contributed by atoms with Crippen molar-refractivity contribution in [1.29, 1.82) is 0 Å². The summed E-state index contributed by atoms with van der Waals surface area (Å²) in [5, 5.41) is 0. The van der Waals surface area contributed by atoms with Gasteiger partial charge in [0.15, 0.2) is 0 Å². The van der Waals surface area contributed by atoms with E-state index in [1.807, 2.05) is 23.5 Å². The summed E-state index contributed by atoms with van der Waals surface area (Å²) in [5.41, 5.74) is 4.04. The van der Waals surface area contributed by atoms with Gasteiger partial charge in [-0.3, -0.25) is 4.99 Å². The van der Waals surface area contributed by atoms with E-state index in [1.54, 1.807) is 11.3 Å². The fourth-order valence-corrected chi connectivity index (χ4v) is 3.03. The first kappa shape index (κ1) is 7.53. The number of thioether (sulfide) groups is 1. The molecule has 0 N–H and O–H groups in total. The fourth-order valence-electron chi connectivity index (χ4n) is 1.39. The van der Waals surface area contributed by atoms with Crippen LogP contribution in [0.25, 0.3) is 10.2 Å². The molecule has 4 heteroatoms. The molecule has 0 amide bonds. The van der Waals surface area contributed by atoms with Gasteiger partial charge >= 0.3 is 0 Å². The summed E-state index contributed by atoms with van der Waals surface area (Å²) in [6.45, 7) is 0. The van der Waals surface area contributed by atoms with Gasteiger partial charge in [0, 0.05) is 16.9 Å². The first-order valence-corrected chi connectivity index (χ1v) is 5.83. The summed E-state index contributed by atoms with van der Waals surface area (Å²) in [7, 11) is 0. The molecule has 1 aliphatic rings. The Kier molecular flexibility index (Phi) is 1.63. The van der Waals surface area contributed by atoms with E-state index in [2.05, 4.69) is 22.1 Å². The van der Waals surface area contributed by atoms with E-state index in [1.165, 1.54) is 9.60 Å². The zero-order valence-corrected chi connectivity index (χ0v) is 8.36. The molecule has 0 fully saturated rings. The van der Waals surface area contributed by atoms with Gasteiger partial charge < -0.3 is 0 Å². The molecular weight excluding hydrogens is 200 g/mol. The number of hydrogen-bond acceptors (Lipinski definition) is 4. The number of nitrogens with zero attached hydrogens (tertiary/aromatic N) is 2. The average Bonchev–Trinajstić information content (AvgIpc) is 2.65. The lowest BCUT2D eigenvalue weighted by molar-refractivity contribution is 1.39. The van der Waals surface area contributed by atoms with Gasteiger partial charge in [0.2, 0.25) is 0 Å². The van der Waals surface area contributed by atoms with Crippen LogP contribution < -0.4 is 0 Å². The van der Waals surface area contributed by atoms with E-state index in [0.717, 1.165) is 17.0 Å². The molecule has 1 aromatic carbocycles. The normalized spacial score (nSPS) is 14.8. The highest BCUT2D eigenvalue weighted by Crippen LogP contribution is 2.39. The van der Waals surface area contributed by atoms with Crippen LogP contribution in [0.15, 0.2) is 27.5 Å². The maximum absolute atomic E-state index is 4.42. The molecule has 0 saturated heterocycles. The molecule has 13 heavy (non-hydrogen) atoms. The van der Waals surface area contributed by atoms with E-state index >= 15 is 0 Å². The molecule has 2 aromatic rings. The van der Waals surface area contributed by atoms with E-state index in [9.17, 15) is 0 Å². The van der Waals surface area contributed by atoms with Crippen LogP contribution in [0.5, 0.6) is 0 Å². The van der Waals surface area contributed by atoms with Crippen molar-refractivity contribution in [2.24, 2.45) is 4.99 Å². The second-order valence-electron chi connectivity index (χ2n) is 2.74. The fraction of sp³-hybridized carbons (Fsp3) is 0.111. The van der Waals surface area contributed by atoms with Crippen LogP contribution in [0.1, 0.15) is 0 Å². The minimum Gasteiger partial charge on any atom is -0.258 e. The molecule has 0 unspecified atom stereocenters. The lowest BCUT2D eigenvalue weighted by Crippen LogP contribution is -1.87. The molecule has 0 spiro atoms. The zero-order valence-electron chi connectivity index (χ0n) is 6.73. The number of benzene rings is 1. The van der Waals surface area contributed by atoms with Crippen LogP contribution in [0.3, 0.4) is 0 Å². The molecule has 0 atom stereocenters. The third-order valence-electron chi connectivity index (χ3n) is 1.97. The molecule has 2 heterocycles. The Hall–Kier alpha value is -0.870. The van der Waals surface area contributed by atoms with Crippen molar-refractivity contribution in [2.75, 3.05) is 5.75 Å². The first-order chi connectivity index (χ1) is 6.45. The maximum atomic E-state index is 4.42. The molecule has 1 aliphatic heterocycles. The van der Waals surface area contributed by atoms with Gasteiger partial charge in [0.25, 0.3) is 0 Å². The van der Waals surface area contributed by atoms with Gasteiger partial charge in [-0.05, 0) is 12.1 Å². The number of rotatable bonds is 0. The number of thiazole rings is 1. The van der Waals surface area contributed by atoms with Gasteiger partial charge in [-0.25, -0.2) is 4.98 Å². The van der Waals surface area contributed by atoms with Crippen LogP contribution in [-0.2, 0) is 0 Å². The Bertz CT molecular complexity index is 487. The monoisotopic (exact) mass is 206 g/mol.